The van der Waals surface area contributed by atoms with Crippen LogP contribution in [0.3, 0.4) is 0 Å². The van der Waals surface area contributed by atoms with E-state index in [0.717, 1.165) is 31.1 Å². The van der Waals surface area contributed by atoms with E-state index in [9.17, 15) is 9.59 Å². The number of hydrogen-bond acceptors (Lipinski definition) is 2. The fraction of sp³-hybridized carbons (Fsp3) is 0.913. The van der Waals surface area contributed by atoms with Gasteiger partial charge in [-0.05, 0) is 86.4 Å². The van der Waals surface area contributed by atoms with Gasteiger partial charge < -0.3 is 5.11 Å². The van der Waals surface area contributed by atoms with Gasteiger partial charge in [0.05, 0.1) is 5.92 Å². The average molecular weight is 363 g/mol. The monoisotopic (exact) mass is 362 g/mol. The number of ketones is 1. The van der Waals surface area contributed by atoms with Gasteiger partial charge in [-0.25, -0.2) is 0 Å². The van der Waals surface area contributed by atoms with Crippen LogP contribution in [0.15, 0.2) is 0 Å². The molecule has 0 amide bonds. The van der Waals surface area contributed by atoms with Crippen LogP contribution in [0.1, 0.15) is 91.9 Å². The molecule has 0 aromatic heterocycles. The maximum atomic E-state index is 12.8. The normalized spacial score (nSPS) is 39.0. The van der Waals surface area contributed by atoms with E-state index < -0.39 is 5.97 Å². The van der Waals surface area contributed by atoms with Gasteiger partial charge in [-0.3, -0.25) is 9.59 Å². The van der Waals surface area contributed by atoms with Gasteiger partial charge >= 0.3 is 5.97 Å². The second kappa shape index (κ2) is 7.28. The van der Waals surface area contributed by atoms with Gasteiger partial charge in [-0.15, -0.1) is 0 Å². The van der Waals surface area contributed by atoms with Crippen LogP contribution < -0.4 is 0 Å². The van der Waals surface area contributed by atoms with Crippen molar-refractivity contribution in [1.29, 1.82) is 0 Å². The third kappa shape index (κ3) is 4.02. The Bertz CT molecular complexity index is 540. The van der Waals surface area contributed by atoms with Crippen LogP contribution in [0.4, 0.5) is 0 Å². The molecule has 0 aromatic carbocycles. The number of carboxylic acids is 1. The Hall–Kier alpha value is -0.860. The summed E-state index contributed by atoms with van der Waals surface area (Å²) in [4.78, 5) is 24.0. The number of rotatable bonds is 4. The van der Waals surface area contributed by atoms with Crippen molar-refractivity contribution in [1.82, 2.24) is 0 Å². The zero-order valence-electron chi connectivity index (χ0n) is 17.2. The molecule has 0 radical (unpaired) electrons. The predicted octanol–water partition coefficient (Wildman–Crippen LogP) is 5.72. The summed E-state index contributed by atoms with van der Waals surface area (Å²) in [5, 5.41) is 9.14. The van der Waals surface area contributed by atoms with Crippen molar-refractivity contribution in [2.24, 2.45) is 40.4 Å². The van der Waals surface area contributed by atoms with Gasteiger partial charge in [0.1, 0.15) is 5.78 Å². The minimum Gasteiger partial charge on any atom is -0.481 e. The number of aliphatic carboxylic acids is 1. The minimum atomic E-state index is -0.684. The molecule has 0 aromatic rings. The summed E-state index contributed by atoms with van der Waals surface area (Å²) in [6.45, 7) is 9.78. The zero-order chi connectivity index (χ0) is 19.1. The lowest BCUT2D eigenvalue weighted by atomic mass is 9.49. The highest BCUT2D eigenvalue weighted by Crippen LogP contribution is 2.58. The lowest BCUT2D eigenvalue weighted by Gasteiger charge is -2.56. The van der Waals surface area contributed by atoms with Crippen molar-refractivity contribution in [3.8, 4) is 0 Å². The van der Waals surface area contributed by atoms with Crippen LogP contribution in [0.5, 0.6) is 0 Å². The molecule has 148 valence electrons. The van der Waals surface area contributed by atoms with Gasteiger partial charge in [-0.2, -0.15) is 0 Å². The van der Waals surface area contributed by atoms with Crippen LogP contribution in [-0.4, -0.2) is 16.9 Å². The van der Waals surface area contributed by atoms with E-state index in [0.29, 0.717) is 35.4 Å². The summed E-state index contributed by atoms with van der Waals surface area (Å²) in [5.74, 6) is 1.75. The molecule has 3 aliphatic carbocycles. The second-order valence-corrected chi connectivity index (χ2v) is 10.9. The number of carbonyl (C=O) groups excluding carboxylic acids is 1. The van der Waals surface area contributed by atoms with Crippen molar-refractivity contribution < 1.29 is 14.7 Å². The average Bonchev–Trinajstić information content (AvgIpc) is 2.59. The van der Waals surface area contributed by atoms with Gasteiger partial charge in [0.2, 0.25) is 0 Å². The third-order valence-corrected chi connectivity index (χ3v) is 8.40. The molecule has 3 saturated carbocycles. The Balaban J connectivity index is 1.57. The lowest BCUT2D eigenvalue weighted by molar-refractivity contribution is -0.144. The van der Waals surface area contributed by atoms with Gasteiger partial charge in [0, 0.05) is 12.3 Å². The van der Waals surface area contributed by atoms with Crippen LogP contribution in [0.2, 0.25) is 0 Å². The second-order valence-electron chi connectivity index (χ2n) is 10.9. The van der Waals surface area contributed by atoms with E-state index in [1.807, 2.05) is 0 Å². The highest BCUT2D eigenvalue weighted by Gasteiger charge is 2.50. The molecule has 0 heterocycles. The maximum Gasteiger partial charge on any atom is 0.306 e. The van der Waals surface area contributed by atoms with E-state index in [2.05, 4.69) is 27.7 Å². The lowest BCUT2D eigenvalue weighted by Crippen LogP contribution is -2.47. The molecule has 3 nitrogen and oxygen atoms in total. The minimum absolute atomic E-state index is 0.124. The number of carboxylic acid groups (broad SMARTS) is 1. The molecule has 0 spiro atoms. The Labute approximate surface area is 159 Å². The number of carbonyl (C=O) groups is 2. The van der Waals surface area contributed by atoms with E-state index in [1.165, 1.54) is 32.1 Å². The van der Waals surface area contributed by atoms with E-state index in [1.54, 1.807) is 0 Å². The summed E-state index contributed by atoms with van der Waals surface area (Å²) in [6, 6.07) is 0. The Kier molecular flexibility index (Phi) is 5.57. The third-order valence-electron chi connectivity index (χ3n) is 8.40. The first-order valence-electron chi connectivity index (χ1n) is 10.9. The van der Waals surface area contributed by atoms with Gasteiger partial charge in [0.15, 0.2) is 0 Å². The standard InChI is InChI=1S/C23H38O3/c1-22(2)11-12-23(3,4)19-13-15(5-10-18(19)22)14-20(24)16-6-8-17(9-7-16)21(25)26/h15-19H,5-14H2,1-4H3,(H,25,26). The van der Waals surface area contributed by atoms with Crippen molar-refractivity contribution in [3.63, 3.8) is 0 Å². The van der Waals surface area contributed by atoms with Crippen LogP contribution >= 0.6 is 0 Å². The zero-order valence-corrected chi connectivity index (χ0v) is 17.2. The molecule has 0 bridgehead atoms. The predicted molar refractivity (Wildman–Crippen MR) is 104 cm³/mol. The van der Waals surface area contributed by atoms with Crippen LogP contribution in [0.25, 0.3) is 0 Å². The number of Topliss-reactive ketones (excluding diaryl/α,β-unsaturated/α-hetero) is 1. The fourth-order valence-electron chi connectivity index (χ4n) is 6.37. The Morgan fingerprint density at radius 1 is 0.808 bits per heavy atom. The van der Waals surface area contributed by atoms with Crippen molar-refractivity contribution in [2.45, 2.75) is 91.9 Å². The molecule has 26 heavy (non-hydrogen) atoms. The highest BCUT2D eigenvalue weighted by molar-refractivity contribution is 5.81. The molecule has 1 N–H and O–H groups in total. The van der Waals surface area contributed by atoms with Gasteiger partial charge in [0.25, 0.3) is 0 Å². The Morgan fingerprint density at radius 2 is 1.35 bits per heavy atom. The highest BCUT2D eigenvalue weighted by atomic mass is 16.4. The molecular formula is C23H38O3. The number of hydrogen-bond donors (Lipinski definition) is 1. The van der Waals surface area contributed by atoms with Gasteiger partial charge in [-0.1, -0.05) is 27.7 Å². The van der Waals surface area contributed by atoms with Crippen LogP contribution in [0, 0.1) is 40.4 Å². The first-order valence-corrected chi connectivity index (χ1v) is 10.9. The molecule has 0 aliphatic heterocycles. The van der Waals surface area contributed by atoms with E-state index in [4.69, 9.17) is 5.11 Å². The molecule has 3 rings (SSSR count). The van der Waals surface area contributed by atoms with E-state index >= 15 is 0 Å². The van der Waals surface area contributed by atoms with Crippen molar-refractivity contribution >= 4 is 11.8 Å². The largest absolute Gasteiger partial charge is 0.481 e. The van der Waals surface area contributed by atoms with Crippen LogP contribution in [-0.2, 0) is 9.59 Å². The SMILES string of the molecule is CC1(C)CCC(C)(C)C2CC(CC(=O)C3CCC(C(=O)O)CC3)CCC21. The summed E-state index contributed by atoms with van der Waals surface area (Å²) in [5.41, 5.74) is 0.853. The number of fused-ring (bicyclic) bond motifs is 1. The molecule has 3 aliphatic rings. The van der Waals surface area contributed by atoms with Crippen molar-refractivity contribution in [3.05, 3.63) is 0 Å². The van der Waals surface area contributed by atoms with E-state index in [-0.39, 0.29) is 11.8 Å². The molecule has 3 unspecified atom stereocenters. The topological polar surface area (TPSA) is 54.4 Å². The van der Waals surface area contributed by atoms with Crippen molar-refractivity contribution in [2.75, 3.05) is 0 Å². The summed E-state index contributed by atoms with van der Waals surface area (Å²) < 4.78 is 0. The molecular weight excluding hydrogens is 324 g/mol. The summed E-state index contributed by atoms with van der Waals surface area (Å²) in [6.07, 6.45) is 10.0. The maximum absolute atomic E-state index is 12.8. The smallest absolute Gasteiger partial charge is 0.306 e. The fourth-order valence-corrected chi connectivity index (χ4v) is 6.37. The first-order chi connectivity index (χ1) is 12.1. The quantitative estimate of drug-likeness (QED) is 0.696. The first kappa shape index (κ1) is 19.9. The molecule has 3 atom stereocenters. The molecule has 0 saturated heterocycles. The molecule has 3 fully saturated rings. The Morgan fingerprint density at radius 3 is 1.92 bits per heavy atom. The molecule has 3 heteroatoms. The summed E-state index contributed by atoms with van der Waals surface area (Å²) in [7, 11) is 0. The summed E-state index contributed by atoms with van der Waals surface area (Å²) >= 11 is 0.